The Bertz CT molecular complexity index is 439. The van der Waals surface area contributed by atoms with Gasteiger partial charge in [-0.05, 0) is 19.3 Å². The Morgan fingerprint density at radius 1 is 1.50 bits per heavy atom. The third-order valence-electron chi connectivity index (χ3n) is 2.89. The van der Waals surface area contributed by atoms with Gasteiger partial charge in [0, 0.05) is 19.0 Å². The van der Waals surface area contributed by atoms with Gasteiger partial charge in [0.2, 0.25) is 5.95 Å². The fourth-order valence-electron chi connectivity index (χ4n) is 1.70. The van der Waals surface area contributed by atoms with Crippen molar-refractivity contribution in [1.29, 1.82) is 0 Å². The van der Waals surface area contributed by atoms with Crippen molar-refractivity contribution in [3.8, 4) is 0 Å². The SMILES string of the molecule is CCCNc1ncc(N)c(N[C@@H](CC)CCC(=O)O)n1. The molecule has 0 saturated carbocycles. The fraction of sp³-hybridized carbons (Fsp3) is 0.615. The fourth-order valence-corrected chi connectivity index (χ4v) is 1.70. The Hall–Kier alpha value is -2.05. The quantitative estimate of drug-likeness (QED) is 0.547. The highest BCUT2D eigenvalue weighted by atomic mass is 16.4. The summed E-state index contributed by atoms with van der Waals surface area (Å²) < 4.78 is 0. The zero-order valence-corrected chi connectivity index (χ0v) is 12.0. The van der Waals surface area contributed by atoms with Crippen LogP contribution in [0.4, 0.5) is 17.5 Å². The second kappa shape index (κ2) is 8.19. The van der Waals surface area contributed by atoms with Crippen LogP contribution < -0.4 is 16.4 Å². The Kier molecular flexibility index (Phi) is 6.55. The zero-order chi connectivity index (χ0) is 15.0. The van der Waals surface area contributed by atoms with Crippen LogP contribution >= 0.6 is 0 Å². The molecule has 0 aliphatic carbocycles. The Morgan fingerprint density at radius 2 is 2.25 bits per heavy atom. The van der Waals surface area contributed by atoms with Crippen molar-refractivity contribution >= 4 is 23.4 Å². The van der Waals surface area contributed by atoms with Gasteiger partial charge in [-0.3, -0.25) is 4.79 Å². The van der Waals surface area contributed by atoms with E-state index in [-0.39, 0.29) is 12.5 Å². The largest absolute Gasteiger partial charge is 0.481 e. The molecule has 0 aliphatic heterocycles. The third-order valence-corrected chi connectivity index (χ3v) is 2.89. The van der Waals surface area contributed by atoms with E-state index in [2.05, 4.69) is 27.5 Å². The number of carbonyl (C=O) groups is 1. The minimum atomic E-state index is -0.800. The van der Waals surface area contributed by atoms with Crippen LogP contribution in [0.5, 0.6) is 0 Å². The van der Waals surface area contributed by atoms with Crippen molar-refractivity contribution in [3.63, 3.8) is 0 Å². The van der Waals surface area contributed by atoms with Crippen molar-refractivity contribution in [2.45, 2.75) is 45.6 Å². The summed E-state index contributed by atoms with van der Waals surface area (Å²) >= 11 is 0. The lowest BCUT2D eigenvalue weighted by molar-refractivity contribution is -0.137. The van der Waals surface area contributed by atoms with Gasteiger partial charge >= 0.3 is 5.97 Å². The van der Waals surface area contributed by atoms with Crippen molar-refractivity contribution < 1.29 is 9.90 Å². The third kappa shape index (κ3) is 5.29. The number of anilines is 3. The molecule has 0 fully saturated rings. The van der Waals surface area contributed by atoms with Gasteiger partial charge < -0.3 is 21.5 Å². The van der Waals surface area contributed by atoms with Gasteiger partial charge in [0.25, 0.3) is 0 Å². The number of hydrogen-bond donors (Lipinski definition) is 4. The number of aromatic nitrogens is 2. The molecule has 0 unspecified atom stereocenters. The van der Waals surface area contributed by atoms with Crippen LogP contribution in [0.1, 0.15) is 39.5 Å². The van der Waals surface area contributed by atoms with Crippen LogP contribution in [-0.2, 0) is 4.79 Å². The van der Waals surface area contributed by atoms with E-state index in [1.54, 1.807) is 6.20 Å². The second-order valence-corrected chi connectivity index (χ2v) is 4.61. The Morgan fingerprint density at radius 3 is 2.85 bits per heavy atom. The number of carboxylic acid groups (broad SMARTS) is 1. The molecular weight excluding hydrogens is 258 g/mol. The lowest BCUT2D eigenvalue weighted by Gasteiger charge is -2.18. The van der Waals surface area contributed by atoms with Crippen LogP contribution in [0.3, 0.4) is 0 Å². The van der Waals surface area contributed by atoms with E-state index in [0.29, 0.717) is 23.9 Å². The maximum atomic E-state index is 10.6. The molecular formula is C13H23N5O2. The van der Waals surface area contributed by atoms with E-state index < -0.39 is 5.97 Å². The molecule has 112 valence electrons. The van der Waals surface area contributed by atoms with E-state index in [4.69, 9.17) is 10.8 Å². The first-order valence-corrected chi connectivity index (χ1v) is 6.91. The van der Waals surface area contributed by atoms with E-state index in [1.165, 1.54) is 0 Å². The van der Waals surface area contributed by atoms with Crippen LogP contribution in [0.25, 0.3) is 0 Å². The number of nitrogens with zero attached hydrogens (tertiary/aromatic N) is 2. The van der Waals surface area contributed by atoms with Gasteiger partial charge in [0.15, 0.2) is 5.82 Å². The summed E-state index contributed by atoms with van der Waals surface area (Å²) in [5.74, 6) is 0.277. The van der Waals surface area contributed by atoms with Crippen LogP contribution in [0.15, 0.2) is 6.20 Å². The molecule has 0 spiro atoms. The molecule has 1 heterocycles. The molecule has 0 radical (unpaired) electrons. The first-order valence-electron chi connectivity index (χ1n) is 6.91. The van der Waals surface area contributed by atoms with Gasteiger partial charge in [-0.1, -0.05) is 13.8 Å². The molecule has 0 saturated heterocycles. The number of hydrogen-bond acceptors (Lipinski definition) is 6. The summed E-state index contributed by atoms with van der Waals surface area (Å²) in [6, 6.07) is 0.0299. The average molecular weight is 281 g/mol. The van der Waals surface area contributed by atoms with Crippen LogP contribution in [0, 0.1) is 0 Å². The number of carboxylic acids is 1. The highest BCUT2D eigenvalue weighted by Crippen LogP contribution is 2.19. The first kappa shape index (κ1) is 16.0. The summed E-state index contributed by atoms with van der Waals surface area (Å²) in [6.07, 6.45) is 3.99. The standard InChI is InChI=1S/C13H23N5O2/c1-3-7-15-13-16-8-10(14)12(18-13)17-9(4-2)5-6-11(19)20/h8-9H,3-7,14H2,1-2H3,(H,19,20)(H2,15,16,17,18)/t9-/m0/s1. The predicted octanol–water partition coefficient (Wildman–Crippen LogP) is 1.94. The summed E-state index contributed by atoms with van der Waals surface area (Å²) in [4.78, 5) is 19.0. The van der Waals surface area contributed by atoms with Gasteiger partial charge in [0.05, 0.1) is 11.9 Å². The highest BCUT2D eigenvalue weighted by Gasteiger charge is 2.12. The minimum Gasteiger partial charge on any atom is -0.481 e. The molecule has 0 aromatic carbocycles. The molecule has 7 heteroatoms. The molecule has 1 aromatic heterocycles. The Balaban J connectivity index is 2.70. The Labute approximate surface area is 119 Å². The molecule has 1 atom stereocenters. The van der Waals surface area contributed by atoms with Crippen molar-refractivity contribution in [2.24, 2.45) is 0 Å². The van der Waals surface area contributed by atoms with Crippen molar-refractivity contribution in [3.05, 3.63) is 6.20 Å². The highest BCUT2D eigenvalue weighted by molar-refractivity contribution is 5.67. The first-order chi connectivity index (χ1) is 9.56. The van der Waals surface area contributed by atoms with Crippen molar-refractivity contribution in [2.75, 3.05) is 22.9 Å². The summed E-state index contributed by atoms with van der Waals surface area (Å²) in [6.45, 7) is 4.84. The summed E-state index contributed by atoms with van der Waals surface area (Å²) in [5, 5.41) is 15.0. The average Bonchev–Trinajstić information content (AvgIpc) is 2.43. The number of nitrogens with two attached hydrogens (primary N) is 1. The lowest BCUT2D eigenvalue weighted by atomic mass is 10.1. The normalized spacial score (nSPS) is 11.9. The number of nitrogens with one attached hydrogen (secondary N) is 2. The summed E-state index contributed by atoms with van der Waals surface area (Å²) in [5.41, 5.74) is 6.30. The molecule has 0 amide bonds. The topological polar surface area (TPSA) is 113 Å². The zero-order valence-electron chi connectivity index (χ0n) is 12.0. The number of aliphatic carboxylic acids is 1. The number of nitrogen functional groups attached to an aromatic ring is 1. The predicted molar refractivity (Wildman–Crippen MR) is 79.8 cm³/mol. The molecule has 0 bridgehead atoms. The van der Waals surface area contributed by atoms with E-state index in [0.717, 1.165) is 19.4 Å². The van der Waals surface area contributed by atoms with Gasteiger partial charge in [-0.25, -0.2) is 4.98 Å². The molecule has 20 heavy (non-hydrogen) atoms. The molecule has 1 rings (SSSR count). The molecule has 1 aromatic rings. The van der Waals surface area contributed by atoms with E-state index >= 15 is 0 Å². The second-order valence-electron chi connectivity index (χ2n) is 4.61. The summed E-state index contributed by atoms with van der Waals surface area (Å²) in [7, 11) is 0. The van der Waals surface area contributed by atoms with E-state index in [1.807, 2.05) is 6.92 Å². The monoisotopic (exact) mass is 281 g/mol. The lowest BCUT2D eigenvalue weighted by Crippen LogP contribution is -2.22. The van der Waals surface area contributed by atoms with Gasteiger partial charge in [0.1, 0.15) is 0 Å². The smallest absolute Gasteiger partial charge is 0.303 e. The van der Waals surface area contributed by atoms with Crippen LogP contribution in [-0.4, -0.2) is 33.6 Å². The number of rotatable bonds is 9. The van der Waals surface area contributed by atoms with Crippen molar-refractivity contribution in [1.82, 2.24) is 9.97 Å². The van der Waals surface area contributed by atoms with Gasteiger partial charge in [-0.15, -0.1) is 0 Å². The van der Waals surface area contributed by atoms with Crippen LogP contribution in [0.2, 0.25) is 0 Å². The molecule has 7 nitrogen and oxygen atoms in total. The van der Waals surface area contributed by atoms with E-state index in [9.17, 15) is 4.79 Å². The maximum Gasteiger partial charge on any atom is 0.303 e. The maximum absolute atomic E-state index is 10.6. The molecule has 5 N–H and O–H groups in total. The van der Waals surface area contributed by atoms with Gasteiger partial charge in [-0.2, -0.15) is 4.98 Å². The molecule has 0 aliphatic rings. The minimum absolute atomic E-state index is 0.0299.